The van der Waals surface area contributed by atoms with Gasteiger partial charge in [-0.05, 0) is 55.1 Å². The van der Waals surface area contributed by atoms with Gasteiger partial charge in [0.2, 0.25) is 0 Å². The van der Waals surface area contributed by atoms with Gasteiger partial charge in [0, 0.05) is 6.54 Å². The van der Waals surface area contributed by atoms with E-state index in [0.29, 0.717) is 6.61 Å². The van der Waals surface area contributed by atoms with Crippen molar-refractivity contribution in [3.05, 3.63) is 54.1 Å². The smallest absolute Gasteiger partial charge is 0.129 e. The molecular formula is C20H28N2O. The van der Waals surface area contributed by atoms with Crippen LogP contribution in [0.25, 0.3) is 5.57 Å². The monoisotopic (exact) mass is 312 g/mol. The average Bonchev–Trinajstić information content (AvgIpc) is 2.50. The van der Waals surface area contributed by atoms with Crippen LogP contribution < -0.4 is 0 Å². The van der Waals surface area contributed by atoms with Gasteiger partial charge in [-0.25, -0.2) is 0 Å². The van der Waals surface area contributed by atoms with Crippen molar-refractivity contribution < 1.29 is 4.84 Å². The van der Waals surface area contributed by atoms with Crippen LogP contribution in [0.2, 0.25) is 0 Å². The molecule has 0 radical (unpaired) electrons. The predicted molar refractivity (Wildman–Crippen MR) is 98.5 cm³/mol. The summed E-state index contributed by atoms with van der Waals surface area (Å²) in [5.74, 6) is 0. The fraction of sp³-hybridized carbons (Fsp3) is 0.450. The molecule has 0 spiro atoms. The highest BCUT2D eigenvalue weighted by atomic mass is 16.6. The van der Waals surface area contributed by atoms with Crippen LogP contribution in [-0.4, -0.2) is 37.9 Å². The van der Waals surface area contributed by atoms with Gasteiger partial charge in [0.25, 0.3) is 0 Å². The lowest BCUT2D eigenvalue weighted by atomic mass is 9.74. The molecular weight excluding hydrogens is 284 g/mol. The number of allylic oxidation sites excluding steroid dienone is 3. The van der Waals surface area contributed by atoms with Crippen LogP contribution in [0.3, 0.4) is 0 Å². The summed E-state index contributed by atoms with van der Waals surface area (Å²) in [6.45, 7) is 10.3. The van der Waals surface area contributed by atoms with Crippen LogP contribution in [0.1, 0.15) is 32.3 Å². The zero-order valence-corrected chi connectivity index (χ0v) is 14.8. The zero-order chi connectivity index (χ0) is 16.9. The van der Waals surface area contributed by atoms with Gasteiger partial charge in [-0.3, -0.25) is 0 Å². The van der Waals surface area contributed by atoms with Crippen molar-refractivity contribution in [2.75, 3.05) is 27.2 Å². The highest BCUT2D eigenvalue weighted by Gasteiger charge is 2.28. The topological polar surface area (TPSA) is 24.8 Å². The van der Waals surface area contributed by atoms with E-state index in [1.165, 1.54) is 11.1 Å². The van der Waals surface area contributed by atoms with Gasteiger partial charge < -0.3 is 9.74 Å². The van der Waals surface area contributed by atoms with Crippen LogP contribution in [0.4, 0.5) is 0 Å². The van der Waals surface area contributed by atoms with E-state index < -0.39 is 0 Å². The standard InChI is InChI=1S/C20H28N2O/c1-16(17-9-7-6-8-10-17)18-13-19(15-20(2,3)14-18)21-23-12-11-22(4)5/h6-10,13H,1,11-12,14-15H2,2-5H3/b21-19-. The maximum atomic E-state index is 5.48. The lowest BCUT2D eigenvalue weighted by Gasteiger charge is -2.31. The van der Waals surface area contributed by atoms with Crippen LogP contribution in [0.15, 0.2) is 53.7 Å². The molecule has 0 unspecified atom stereocenters. The lowest BCUT2D eigenvalue weighted by molar-refractivity contribution is 0.124. The molecule has 124 valence electrons. The van der Waals surface area contributed by atoms with Crippen molar-refractivity contribution in [3.8, 4) is 0 Å². The molecule has 0 fully saturated rings. The van der Waals surface area contributed by atoms with Gasteiger partial charge in [-0.15, -0.1) is 0 Å². The summed E-state index contributed by atoms with van der Waals surface area (Å²) in [5, 5.41) is 4.35. The third kappa shape index (κ3) is 5.36. The SMILES string of the molecule is C=C(C1=C/C(=N/OCCN(C)C)CC(C)(C)C1)c1ccccc1. The number of oxime groups is 1. The van der Waals surface area contributed by atoms with Crippen molar-refractivity contribution in [1.29, 1.82) is 0 Å². The molecule has 23 heavy (non-hydrogen) atoms. The van der Waals surface area contributed by atoms with Crippen molar-refractivity contribution in [2.45, 2.75) is 26.7 Å². The molecule has 1 aromatic carbocycles. The van der Waals surface area contributed by atoms with E-state index in [2.05, 4.69) is 60.8 Å². The van der Waals surface area contributed by atoms with Crippen LogP contribution in [0.5, 0.6) is 0 Å². The Bertz CT molecular complexity index is 597. The second-order valence-corrected chi connectivity index (χ2v) is 7.25. The van der Waals surface area contributed by atoms with Crippen molar-refractivity contribution in [2.24, 2.45) is 10.6 Å². The first-order valence-electron chi connectivity index (χ1n) is 8.16. The van der Waals surface area contributed by atoms with Crippen molar-refractivity contribution in [1.82, 2.24) is 4.90 Å². The van der Waals surface area contributed by atoms with E-state index >= 15 is 0 Å². The van der Waals surface area contributed by atoms with Gasteiger partial charge in [0.1, 0.15) is 6.61 Å². The fourth-order valence-electron chi connectivity index (χ4n) is 2.80. The summed E-state index contributed by atoms with van der Waals surface area (Å²) in [6.07, 6.45) is 4.09. The molecule has 0 atom stereocenters. The Morgan fingerprint density at radius 3 is 2.57 bits per heavy atom. The first kappa shape index (κ1) is 17.5. The Morgan fingerprint density at radius 1 is 1.22 bits per heavy atom. The molecule has 2 rings (SSSR count). The zero-order valence-electron chi connectivity index (χ0n) is 14.8. The van der Waals surface area contributed by atoms with Crippen molar-refractivity contribution in [3.63, 3.8) is 0 Å². The van der Waals surface area contributed by atoms with Crippen molar-refractivity contribution >= 4 is 11.3 Å². The molecule has 0 aliphatic heterocycles. The molecule has 1 aromatic rings. The Kier molecular flexibility index (Phi) is 5.78. The summed E-state index contributed by atoms with van der Waals surface area (Å²) in [7, 11) is 4.06. The average molecular weight is 312 g/mol. The minimum atomic E-state index is 0.172. The summed E-state index contributed by atoms with van der Waals surface area (Å²) < 4.78 is 0. The maximum Gasteiger partial charge on any atom is 0.129 e. The summed E-state index contributed by atoms with van der Waals surface area (Å²) >= 11 is 0. The number of benzene rings is 1. The Labute approximate surface area is 140 Å². The Morgan fingerprint density at radius 2 is 1.91 bits per heavy atom. The first-order valence-corrected chi connectivity index (χ1v) is 8.16. The molecule has 0 amide bonds. The molecule has 0 aromatic heterocycles. The summed E-state index contributed by atoms with van der Waals surface area (Å²) in [4.78, 5) is 7.57. The van der Waals surface area contributed by atoms with Gasteiger partial charge in [0.15, 0.2) is 0 Å². The molecule has 0 saturated carbocycles. The van der Waals surface area contributed by atoms with E-state index in [1.54, 1.807) is 0 Å². The lowest BCUT2D eigenvalue weighted by Crippen LogP contribution is -2.23. The number of hydrogen-bond acceptors (Lipinski definition) is 3. The molecule has 0 saturated heterocycles. The first-order chi connectivity index (χ1) is 10.9. The van der Waals surface area contributed by atoms with Gasteiger partial charge in [-0.2, -0.15) is 0 Å². The molecule has 1 aliphatic rings. The number of hydrogen-bond donors (Lipinski definition) is 0. The minimum absolute atomic E-state index is 0.172. The third-order valence-electron chi connectivity index (χ3n) is 3.99. The van der Waals surface area contributed by atoms with E-state index in [-0.39, 0.29) is 5.41 Å². The fourth-order valence-corrected chi connectivity index (χ4v) is 2.80. The summed E-state index contributed by atoms with van der Waals surface area (Å²) in [6, 6.07) is 10.3. The Balaban J connectivity index is 2.14. The number of rotatable bonds is 6. The number of likely N-dealkylation sites (N-methyl/N-ethyl adjacent to an activating group) is 1. The van der Waals surface area contributed by atoms with Crippen LogP contribution in [0, 0.1) is 5.41 Å². The maximum absolute atomic E-state index is 5.48. The highest BCUT2D eigenvalue weighted by Crippen LogP contribution is 2.39. The van der Waals surface area contributed by atoms with Gasteiger partial charge >= 0.3 is 0 Å². The second kappa shape index (κ2) is 7.60. The van der Waals surface area contributed by atoms with E-state index in [4.69, 9.17) is 4.84 Å². The van der Waals surface area contributed by atoms with Gasteiger partial charge in [-0.1, -0.05) is 55.9 Å². The summed E-state index contributed by atoms with van der Waals surface area (Å²) in [5.41, 5.74) is 4.68. The molecule has 3 heteroatoms. The number of nitrogens with zero attached hydrogens (tertiary/aromatic N) is 2. The van der Waals surface area contributed by atoms with E-state index in [9.17, 15) is 0 Å². The normalized spacial score (nSPS) is 18.8. The molecule has 3 nitrogen and oxygen atoms in total. The molecule has 1 aliphatic carbocycles. The highest BCUT2D eigenvalue weighted by molar-refractivity contribution is 6.00. The molecule has 0 heterocycles. The third-order valence-corrected chi connectivity index (χ3v) is 3.99. The second-order valence-electron chi connectivity index (χ2n) is 7.25. The van der Waals surface area contributed by atoms with Crippen LogP contribution >= 0.6 is 0 Å². The predicted octanol–water partition coefficient (Wildman–Crippen LogP) is 4.38. The van der Waals surface area contributed by atoms with E-state index in [0.717, 1.165) is 30.7 Å². The van der Waals surface area contributed by atoms with E-state index in [1.807, 2.05) is 20.2 Å². The Hall–Kier alpha value is -1.87. The molecule has 0 bridgehead atoms. The quantitative estimate of drug-likeness (QED) is 0.575. The van der Waals surface area contributed by atoms with Gasteiger partial charge in [0.05, 0.1) is 5.71 Å². The van der Waals surface area contributed by atoms with Crippen LogP contribution in [-0.2, 0) is 4.84 Å². The minimum Gasteiger partial charge on any atom is -0.394 e. The molecule has 0 N–H and O–H groups in total. The largest absolute Gasteiger partial charge is 0.394 e.